The van der Waals surface area contributed by atoms with Gasteiger partial charge in [0.1, 0.15) is 0 Å². The maximum absolute atomic E-state index is 12.8. The fourth-order valence-corrected chi connectivity index (χ4v) is 3.61. The number of nitrogens with zero attached hydrogens (tertiary/aromatic N) is 1. The molecule has 0 amide bonds. The largest absolute Gasteiger partial charge is 0.481 e. The second kappa shape index (κ2) is 14.6. The van der Waals surface area contributed by atoms with Gasteiger partial charge in [-0.2, -0.15) is 0 Å². The Kier molecular flexibility index (Phi) is 12.6. The zero-order valence-corrected chi connectivity index (χ0v) is 19.1. The highest BCUT2D eigenvalue weighted by atomic mass is 16.5. The van der Waals surface area contributed by atoms with E-state index in [1.54, 1.807) is 6.92 Å². The second-order valence-corrected chi connectivity index (χ2v) is 7.61. The van der Waals surface area contributed by atoms with E-state index in [4.69, 9.17) is 9.84 Å². The first-order chi connectivity index (χ1) is 14.9. The molecule has 1 aromatic carbocycles. The van der Waals surface area contributed by atoms with Crippen molar-refractivity contribution in [3.05, 3.63) is 35.9 Å². The van der Waals surface area contributed by atoms with Gasteiger partial charge in [0.05, 0.1) is 6.54 Å². The van der Waals surface area contributed by atoms with Crippen LogP contribution in [-0.4, -0.2) is 53.3 Å². The fraction of sp³-hybridized carbons (Fsp3) is 0.600. The normalized spacial score (nSPS) is 15.6. The summed E-state index contributed by atoms with van der Waals surface area (Å²) in [5, 5.41) is 19.1. The minimum absolute atomic E-state index is 0.0158. The minimum Gasteiger partial charge on any atom is -0.481 e. The first-order valence-electron chi connectivity index (χ1n) is 11.2. The summed E-state index contributed by atoms with van der Waals surface area (Å²) in [6.45, 7) is 8.35. The third kappa shape index (κ3) is 8.72. The summed E-state index contributed by atoms with van der Waals surface area (Å²) in [6.07, 6.45) is 5.14. The SMILES string of the molecule is CCC(=O)O.CCN(CC)CC#CCOC(=O)C(O)(c1ccccc1)C1CCCCC1. The molecule has 1 fully saturated rings. The first kappa shape index (κ1) is 26.7. The van der Waals surface area contributed by atoms with E-state index in [1.165, 1.54) is 0 Å². The predicted octanol–water partition coefficient (Wildman–Crippen LogP) is 3.82. The van der Waals surface area contributed by atoms with Gasteiger partial charge in [-0.1, -0.05) is 82.2 Å². The van der Waals surface area contributed by atoms with E-state index in [0.29, 0.717) is 12.1 Å². The Bertz CT molecular complexity index is 714. The number of aliphatic carboxylic acids is 1. The van der Waals surface area contributed by atoms with Crippen LogP contribution in [0.2, 0.25) is 0 Å². The highest BCUT2D eigenvalue weighted by Gasteiger charge is 2.46. The van der Waals surface area contributed by atoms with Crippen LogP contribution < -0.4 is 0 Å². The molecule has 0 bridgehead atoms. The quantitative estimate of drug-likeness (QED) is 0.481. The van der Waals surface area contributed by atoms with Gasteiger partial charge in [0.2, 0.25) is 0 Å². The smallest absolute Gasteiger partial charge is 0.344 e. The molecule has 1 aromatic rings. The van der Waals surface area contributed by atoms with Crippen molar-refractivity contribution in [1.82, 2.24) is 4.90 Å². The highest BCUT2D eigenvalue weighted by molar-refractivity contribution is 5.81. The number of rotatable bonds is 8. The standard InChI is InChI=1S/C22H31NO3.C3H6O2/c1-3-23(4-2)17-11-12-18-26-21(24)22(25,19-13-7-5-8-14-19)20-15-9-6-10-16-20;1-2-3(4)5/h5,7-8,13-14,20,25H,3-4,6,9-10,15-18H2,1-2H3;2H2,1H3,(H,4,5). The lowest BCUT2D eigenvalue weighted by atomic mass is 9.73. The number of aliphatic hydroxyl groups is 1. The first-order valence-corrected chi connectivity index (χ1v) is 11.2. The zero-order valence-electron chi connectivity index (χ0n) is 19.1. The van der Waals surface area contributed by atoms with Gasteiger partial charge in [0.15, 0.2) is 12.2 Å². The van der Waals surface area contributed by atoms with Crippen molar-refractivity contribution in [3.8, 4) is 11.8 Å². The van der Waals surface area contributed by atoms with Crippen molar-refractivity contribution in [2.75, 3.05) is 26.2 Å². The lowest BCUT2D eigenvalue weighted by molar-refractivity contribution is -0.174. The fourth-order valence-electron chi connectivity index (χ4n) is 3.61. The zero-order chi connectivity index (χ0) is 23.1. The van der Waals surface area contributed by atoms with Crippen LogP contribution in [0.3, 0.4) is 0 Å². The molecule has 0 aromatic heterocycles. The number of hydrogen-bond acceptors (Lipinski definition) is 5. The number of carbonyl (C=O) groups is 2. The minimum atomic E-state index is -1.58. The van der Waals surface area contributed by atoms with Crippen molar-refractivity contribution in [1.29, 1.82) is 0 Å². The van der Waals surface area contributed by atoms with Crippen molar-refractivity contribution >= 4 is 11.9 Å². The van der Waals surface area contributed by atoms with E-state index < -0.39 is 17.5 Å². The molecule has 2 rings (SSSR count). The number of ether oxygens (including phenoxy) is 1. The molecule has 1 saturated carbocycles. The molecule has 6 nitrogen and oxygen atoms in total. The second-order valence-electron chi connectivity index (χ2n) is 7.61. The number of carboxylic acid groups (broad SMARTS) is 1. The molecule has 1 aliphatic carbocycles. The lowest BCUT2D eigenvalue weighted by Gasteiger charge is -2.36. The van der Waals surface area contributed by atoms with Crippen LogP contribution in [0.15, 0.2) is 30.3 Å². The van der Waals surface area contributed by atoms with Crippen LogP contribution >= 0.6 is 0 Å². The van der Waals surface area contributed by atoms with E-state index in [9.17, 15) is 14.7 Å². The molecule has 0 radical (unpaired) electrons. The number of carbonyl (C=O) groups excluding carboxylic acids is 1. The average Bonchev–Trinajstić information content (AvgIpc) is 2.82. The summed E-state index contributed by atoms with van der Waals surface area (Å²) >= 11 is 0. The summed E-state index contributed by atoms with van der Waals surface area (Å²) in [6, 6.07) is 9.19. The Balaban J connectivity index is 0.000000861. The van der Waals surface area contributed by atoms with E-state index in [1.807, 2.05) is 30.3 Å². The van der Waals surface area contributed by atoms with Crippen LogP contribution in [-0.2, 0) is 19.9 Å². The number of benzene rings is 1. The molecule has 6 heteroatoms. The lowest BCUT2D eigenvalue weighted by Crippen LogP contribution is -2.45. The third-order valence-corrected chi connectivity index (χ3v) is 5.62. The van der Waals surface area contributed by atoms with Gasteiger partial charge >= 0.3 is 11.9 Å². The molecular weight excluding hydrogens is 394 g/mol. The molecule has 172 valence electrons. The monoisotopic (exact) mass is 431 g/mol. The van der Waals surface area contributed by atoms with Gasteiger partial charge in [0.25, 0.3) is 0 Å². The van der Waals surface area contributed by atoms with Crippen LogP contribution in [0.25, 0.3) is 0 Å². The Labute approximate surface area is 186 Å². The van der Waals surface area contributed by atoms with Crippen LogP contribution in [0.1, 0.15) is 64.9 Å². The Morgan fingerprint density at radius 1 is 1.06 bits per heavy atom. The van der Waals surface area contributed by atoms with Crippen LogP contribution in [0.4, 0.5) is 0 Å². The molecule has 0 aliphatic heterocycles. The molecule has 0 saturated heterocycles. The van der Waals surface area contributed by atoms with Gasteiger partial charge in [-0.15, -0.1) is 0 Å². The summed E-state index contributed by atoms with van der Waals surface area (Å²) in [4.78, 5) is 24.4. The van der Waals surface area contributed by atoms with E-state index >= 15 is 0 Å². The Hall–Kier alpha value is -2.36. The number of esters is 1. The van der Waals surface area contributed by atoms with E-state index in [0.717, 1.165) is 45.2 Å². The number of hydrogen-bond donors (Lipinski definition) is 2. The molecule has 0 heterocycles. The third-order valence-electron chi connectivity index (χ3n) is 5.62. The van der Waals surface area contributed by atoms with Crippen molar-refractivity contribution in [3.63, 3.8) is 0 Å². The molecule has 1 atom stereocenters. The average molecular weight is 432 g/mol. The predicted molar refractivity (Wildman–Crippen MR) is 121 cm³/mol. The van der Waals surface area contributed by atoms with Gasteiger partial charge in [-0.3, -0.25) is 9.69 Å². The maximum atomic E-state index is 12.8. The summed E-state index contributed by atoms with van der Waals surface area (Å²) in [7, 11) is 0. The molecule has 1 aliphatic rings. The Morgan fingerprint density at radius 2 is 1.65 bits per heavy atom. The van der Waals surface area contributed by atoms with Crippen LogP contribution in [0, 0.1) is 17.8 Å². The van der Waals surface area contributed by atoms with Crippen LogP contribution in [0.5, 0.6) is 0 Å². The van der Waals surface area contributed by atoms with Crippen molar-refractivity contribution in [2.24, 2.45) is 5.92 Å². The maximum Gasteiger partial charge on any atom is 0.344 e. The van der Waals surface area contributed by atoms with Gasteiger partial charge < -0.3 is 14.9 Å². The molecule has 31 heavy (non-hydrogen) atoms. The molecular formula is C25H37NO5. The van der Waals surface area contributed by atoms with Crippen molar-refractivity contribution in [2.45, 2.75) is 64.9 Å². The summed E-state index contributed by atoms with van der Waals surface area (Å²) < 4.78 is 5.38. The molecule has 1 unspecified atom stereocenters. The topological polar surface area (TPSA) is 87.1 Å². The van der Waals surface area contributed by atoms with Gasteiger partial charge in [-0.05, 0) is 31.5 Å². The van der Waals surface area contributed by atoms with E-state index in [-0.39, 0.29) is 18.9 Å². The highest BCUT2D eigenvalue weighted by Crippen LogP contribution is 2.40. The van der Waals surface area contributed by atoms with Gasteiger partial charge in [-0.25, -0.2) is 4.79 Å². The van der Waals surface area contributed by atoms with E-state index in [2.05, 4.69) is 30.6 Å². The van der Waals surface area contributed by atoms with Gasteiger partial charge in [0, 0.05) is 12.3 Å². The van der Waals surface area contributed by atoms with Crippen molar-refractivity contribution < 1.29 is 24.5 Å². The summed E-state index contributed by atoms with van der Waals surface area (Å²) in [5.74, 6) is 4.50. The molecule has 0 spiro atoms. The summed E-state index contributed by atoms with van der Waals surface area (Å²) in [5.41, 5.74) is -0.963. The number of carboxylic acids is 1. The molecule has 2 N–H and O–H groups in total. The Morgan fingerprint density at radius 3 is 2.16 bits per heavy atom.